The lowest BCUT2D eigenvalue weighted by molar-refractivity contribution is -0.137. The van der Waals surface area contributed by atoms with Gasteiger partial charge in [-0.2, -0.15) is 4.31 Å². The highest BCUT2D eigenvalue weighted by molar-refractivity contribution is 7.89. The molecule has 0 bridgehead atoms. The van der Waals surface area contributed by atoms with Crippen LogP contribution >= 0.6 is 0 Å². The number of likely N-dealkylation sites (N-methyl/N-ethyl adjacent to an activating group) is 1. The van der Waals surface area contributed by atoms with Gasteiger partial charge < -0.3 is 9.84 Å². The van der Waals surface area contributed by atoms with E-state index in [-0.39, 0.29) is 0 Å². The van der Waals surface area contributed by atoms with Crippen molar-refractivity contribution in [3.05, 3.63) is 0 Å². The Morgan fingerprint density at radius 3 is 2.47 bits per heavy atom. The minimum Gasteiger partial charge on any atom is -0.480 e. The molecule has 15 heavy (non-hydrogen) atoms. The predicted molar refractivity (Wildman–Crippen MR) is 55.1 cm³/mol. The first-order valence-electron chi connectivity index (χ1n) is 4.48. The highest BCUT2D eigenvalue weighted by Gasteiger charge is 2.26. The smallest absolute Gasteiger partial charge is 0.318 e. The summed E-state index contributed by atoms with van der Waals surface area (Å²) in [6, 6.07) is 0. The van der Waals surface area contributed by atoms with Gasteiger partial charge in [0, 0.05) is 20.8 Å². The molecule has 1 atom stereocenters. The number of sulfonamides is 1. The molecule has 0 aromatic carbocycles. The molecule has 7 heteroatoms. The van der Waals surface area contributed by atoms with Crippen molar-refractivity contribution in [1.82, 2.24) is 4.31 Å². The van der Waals surface area contributed by atoms with Gasteiger partial charge in [0.25, 0.3) is 0 Å². The van der Waals surface area contributed by atoms with Crippen LogP contribution in [0.4, 0.5) is 0 Å². The molecule has 0 aromatic heterocycles. The van der Waals surface area contributed by atoms with Gasteiger partial charge >= 0.3 is 5.97 Å². The minimum absolute atomic E-state index is 0.335. The van der Waals surface area contributed by atoms with Crippen LogP contribution < -0.4 is 0 Å². The van der Waals surface area contributed by atoms with Crippen LogP contribution in [0, 0.1) is 0 Å². The molecule has 0 saturated heterocycles. The molecule has 0 aliphatic heterocycles. The van der Waals surface area contributed by atoms with Gasteiger partial charge in [0.1, 0.15) is 6.54 Å². The average molecular weight is 239 g/mol. The molecule has 0 radical (unpaired) electrons. The van der Waals surface area contributed by atoms with Gasteiger partial charge in [0.2, 0.25) is 10.0 Å². The Bertz CT molecular complexity index is 300. The third kappa shape index (κ3) is 4.59. The third-order valence-electron chi connectivity index (χ3n) is 2.03. The average Bonchev–Trinajstić information content (AvgIpc) is 2.12. The Morgan fingerprint density at radius 1 is 1.53 bits per heavy atom. The van der Waals surface area contributed by atoms with E-state index in [0.29, 0.717) is 13.0 Å². The van der Waals surface area contributed by atoms with E-state index in [4.69, 9.17) is 9.84 Å². The third-order valence-corrected chi connectivity index (χ3v) is 4.28. The van der Waals surface area contributed by atoms with Gasteiger partial charge in [-0.05, 0) is 13.3 Å². The lowest BCUT2D eigenvalue weighted by Gasteiger charge is -2.19. The summed E-state index contributed by atoms with van der Waals surface area (Å²) < 4.78 is 29.0. The van der Waals surface area contributed by atoms with E-state index >= 15 is 0 Å². The molecule has 1 unspecified atom stereocenters. The Hall–Kier alpha value is -0.660. The maximum absolute atomic E-state index is 11.7. The fourth-order valence-electron chi connectivity index (χ4n) is 1.02. The van der Waals surface area contributed by atoms with Crippen molar-refractivity contribution in [2.45, 2.75) is 18.6 Å². The number of aliphatic carboxylic acids is 1. The number of carboxylic acids is 1. The first kappa shape index (κ1) is 14.3. The predicted octanol–water partition coefficient (Wildman–Crippen LogP) is -0.242. The fourth-order valence-corrected chi connectivity index (χ4v) is 2.32. The SMILES string of the molecule is COCCC(C)S(=O)(=O)N(C)CC(=O)O. The molecule has 0 amide bonds. The second-order valence-electron chi connectivity index (χ2n) is 3.29. The van der Waals surface area contributed by atoms with E-state index in [2.05, 4.69) is 0 Å². The molecule has 0 aromatic rings. The second-order valence-corrected chi connectivity index (χ2v) is 5.74. The summed E-state index contributed by atoms with van der Waals surface area (Å²) >= 11 is 0. The second kappa shape index (κ2) is 6.04. The molecular weight excluding hydrogens is 222 g/mol. The van der Waals surface area contributed by atoms with Gasteiger partial charge in [0.15, 0.2) is 0 Å². The molecular formula is C8H17NO5S. The van der Waals surface area contributed by atoms with Crippen LogP contribution in [0.2, 0.25) is 0 Å². The molecule has 0 aliphatic carbocycles. The van der Waals surface area contributed by atoms with E-state index in [0.717, 1.165) is 4.31 Å². The molecule has 0 aliphatic rings. The van der Waals surface area contributed by atoms with Crippen molar-refractivity contribution in [2.24, 2.45) is 0 Å². The number of nitrogens with zero attached hydrogens (tertiary/aromatic N) is 1. The van der Waals surface area contributed by atoms with Gasteiger partial charge in [-0.1, -0.05) is 0 Å². The summed E-state index contributed by atoms with van der Waals surface area (Å²) in [7, 11) is -0.791. The van der Waals surface area contributed by atoms with Crippen LogP contribution in [0.5, 0.6) is 0 Å². The van der Waals surface area contributed by atoms with Crippen molar-refractivity contribution >= 4 is 16.0 Å². The summed E-state index contributed by atoms with van der Waals surface area (Å²) in [4.78, 5) is 10.4. The zero-order chi connectivity index (χ0) is 12.1. The molecule has 0 fully saturated rings. The highest BCUT2D eigenvalue weighted by Crippen LogP contribution is 2.10. The monoisotopic (exact) mass is 239 g/mol. The molecule has 90 valence electrons. The molecule has 0 rings (SSSR count). The van der Waals surface area contributed by atoms with E-state index < -0.39 is 27.8 Å². The summed E-state index contributed by atoms with van der Waals surface area (Å²) in [5.41, 5.74) is 0. The molecule has 6 nitrogen and oxygen atoms in total. The van der Waals surface area contributed by atoms with Crippen molar-refractivity contribution in [2.75, 3.05) is 27.3 Å². The minimum atomic E-state index is -3.53. The Kier molecular flexibility index (Phi) is 5.77. The number of hydrogen-bond acceptors (Lipinski definition) is 4. The first-order chi connectivity index (χ1) is 6.82. The largest absolute Gasteiger partial charge is 0.480 e. The van der Waals surface area contributed by atoms with Crippen molar-refractivity contribution in [3.63, 3.8) is 0 Å². The standard InChI is InChI=1S/C8H17NO5S/c1-7(4-5-14-3)15(12,13)9(2)6-8(10)11/h7H,4-6H2,1-3H3,(H,10,11). The molecule has 0 saturated carbocycles. The van der Waals surface area contributed by atoms with Gasteiger partial charge in [-0.15, -0.1) is 0 Å². The van der Waals surface area contributed by atoms with Crippen LogP contribution in [0.1, 0.15) is 13.3 Å². The maximum Gasteiger partial charge on any atom is 0.318 e. The summed E-state index contributed by atoms with van der Waals surface area (Å²) in [6.45, 7) is 1.35. The van der Waals surface area contributed by atoms with Gasteiger partial charge in [0.05, 0.1) is 5.25 Å². The van der Waals surface area contributed by atoms with E-state index in [9.17, 15) is 13.2 Å². The van der Waals surface area contributed by atoms with E-state index in [1.54, 1.807) is 0 Å². The summed E-state index contributed by atoms with van der Waals surface area (Å²) in [6.07, 6.45) is 0.350. The zero-order valence-electron chi connectivity index (χ0n) is 9.13. The van der Waals surface area contributed by atoms with Crippen LogP contribution in [-0.4, -0.2) is 56.4 Å². The molecule has 0 heterocycles. The maximum atomic E-state index is 11.7. The first-order valence-corrected chi connectivity index (χ1v) is 5.98. The number of carbonyl (C=O) groups is 1. The number of methoxy groups -OCH3 is 1. The highest BCUT2D eigenvalue weighted by atomic mass is 32.2. The van der Waals surface area contributed by atoms with Gasteiger partial charge in [-0.3, -0.25) is 4.79 Å². The topological polar surface area (TPSA) is 83.9 Å². The normalized spacial score (nSPS) is 14.1. The van der Waals surface area contributed by atoms with E-state index in [1.165, 1.54) is 21.1 Å². The number of hydrogen-bond donors (Lipinski definition) is 1. The Balaban J connectivity index is 4.45. The summed E-state index contributed by atoms with van der Waals surface area (Å²) in [5.74, 6) is -1.17. The lowest BCUT2D eigenvalue weighted by Crippen LogP contribution is -2.38. The van der Waals surface area contributed by atoms with Crippen LogP contribution in [-0.2, 0) is 19.6 Å². The Labute approximate surface area is 89.9 Å². The lowest BCUT2D eigenvalue weighted by atomic mass is 10.3. The summed E-state index contributed by atoms with van der Waals surface area (Å²) in [5, 5.41) is 7.84. The number of carboxylic acid groups (broad SMARTS) is 1. The van der Waals surface area contributed by atoms with Crippen LogP contribution in [0.3, 0.4) is 0 Å². The van der Waals surface area contributed by atoms with Crippen molar-refractivity contribution in [3.8, 4) is 0 Å². The van der Waals surface area contributed by atoms with Crippen LogP contribution in [0.15, 0.2) is 0 Å². The van der Waals surface area contributed by atoms with Crippen molar-refractivity contribution < 1.29 is 23.1 Å². The van der Waals surface area contributed by atoms with Crippen molar-refractivity contribution in [1.29, 1.82) is 0 Å². The van der Waals surface area contributed by atoms with E-state index in [1.807, 2.05) is 0 Å². The number of ether oxygens (including phenoxy) is 1. The quantitative estimate of drug-likeness (QED) is 0.662. The van der Waals surface area contributed by atoms with Gasteiger partial charge in [-0.25, -0.2) is 8.42 Å². The molecule has 0 spiro atoms. The Morgan fingerprint density at radius 2 is 2.07 bits per heavy atom. The fraction of sp³-hybridized carbons (Fsp3) is 0.875. The molecule has 1 N–H and O–H groups in total. The van der Waals surface area contributed by atoms with Crippen LogP contribution in [0.25, 0.3) is 0 Å². The zero-order valence-corrected chi connectivity index (χ0v) is 9.95. The number of rotatable bonds is 7.